The molecule has 0 spiro atoms. The Hall–Kier alpha value is -1.44. The third-order valence-corrected chi connectivity index (χ3v) is 7.42. The molecule has 1 aliphatic heterocycles. The second kappa shape index (κ2) is 8.50. The third kappa shape index (κ3) is 4.27. The predicted molar refractivity (Wildman–Crippen MR) is 104 cm³/mol. The summed E-state index contributed by atoms with van der Waals surface area (Å²) in [6.45, 7) is 7.21. The van der Waals surface area contributed by atoms with Crippen molar-refractivity contribution in [2.75, 3.05) is 19.6 Å². The van der Waals surface area contributed by atoms with E-state index in [2.05, 4.69) is 5.32 Å². The Kier molecular flexibility index (Phi) is 6.82. The second-order valence-electron chi connectivity index (χ2n) is 7.09. The van der Waals surface area contributed by atoms with E-state index in [4.69, 9.17) is 5.73 Å². The molecule has 1 amide bonds. The minimum absolute atomic E-state index is 0.182. The van der Waals surface area contributed by atoms with Crippen molar-refractivity contribution >= 4 is 15.9 Å². The second-order valence-corrected chi connectivity index (χ2v) is 9.03. The summed E-state index contributed by atoms with van der Waals surface area (Å²) < 4.78 is 27.3. The van der Waals surface area contributed by atoms with Crippen LogP contribution in [0.1, 0.15) is 61.9 Å². The summed E-state index contributed by atoms with van der Waals surface area (Å²) in [4.78, 5) is 13.0. The highest BCUT2D eigenvalue weighted by atomic mass is 32.2. The van der Waals surface area contributed by atoms with E-state index in [1.807, 2.05) is 20.8 Å². The van der Waals surface area contributed by atoms with Gasteiger partial charge in [-0.2, -0.15) is 4.31 Å². The van der Waals surface area contributed by atoms with Gasteiger partial charge in [-0.05, 0) is 50.3 Å². The number of rotatable bonds is 7. The van der Waals surface area contributed by atoms with Gasteiger partial charge in [0.25, 0.3) is 5.91 Å². The number of sulfonamides is 1. The van der Waals surface area contributed by atoms with Crippen molar-refractivity contribution in [3.05, 3.63) is 29.3 Å². The van der Waals surface area contributed by atoms with E-state index in [0.29, 0.717) is 25.2 Å². The average molecular weight is 382 g/mol. The van der Waals surface area contributed by atoms with Gasteiger partial charge in [-0.15, -0.1) is 0 Å². The number of amides is 1. The Morgan fingerprint density at radius 1 is 1.19 bits per heavy atom. The highest BCUT2D eigenvalue weighted by Gasteiger charge is 2.30. The van der Waals surface area contributed by atoms with Gasteiger partial charge in [-0.1, -0.05) is 26.3 Å². The quantitative estimate of drug-likeness (QED) is 0.759. The molecule has 1 saturated heterocycles. The smallest absolute Gasteiger partial charge is 0.252 e. The van der Waals surface area contributed by atoms with Crippen LogP contribution in [0.3, 0.4) is 0 Å². The number of carbonyl (C=O) groups is 1. The molecule has 26 heavy (non-hydrogen) atoms. The molecule has 0 saturated carbocycles. The van der Waals surface area contributed by atoms with Crippen molar-refractivity contribution in [3.63, 3.8) is 0 Å². The highest BCUT2D eigenvalue weighted by Crippen LogP contribution is 2.23. The van der Waals surface area contributed by atoms with E-state index in [0.717, 1.165) is 37.7 Å². The first-order valence-corrected chi connectivity index (χ1v) is 10.9. The third-order valence-electron chi connectivity index (χ3n) is 5.53. The Morgan fingerprint density at radius 2 is 1.81 bits per heavy atom. The first kappa shape index (κ1) is 20.9. The fourth-order valence-corrected chi connectivity index (χ4v) is 4.88. The Bertz CT molecular complexity index is 728. The lowest BCUT2D eigenvalue weighted by Crippen LogP contribution is -2.53. The summed E-state index contributed by atoms with van der Waals surface area (Å²) >= 11 is 0. The summed E-state index contributed by atoms with van der Waals surface area (Å²) in [6, 6.07) is 4.79. The number of piperidine rings is 1. The number of nitrogens with two attached hydrogens (primary N) is 1. The standard InChI is InChI=1S/C19H31N3O3S/c1-4-19(5-2,14-20)21-18(23)17-13-16(10-9-15(17)3)26(24,25)22-11-7-6-8-12-22/h9-10,13H,4-8,11-12,14,20H2,1-3H3,(H,21,23). The van der Waals surface area contributed by atoms with Gasteiger partial charge in [0.15, 0.2) is 0 Å². The number of benzene rings is 1. The van der Waals surface area contributed by atoms with Crippen molar-refractivity contribution in [2.24, 2.45) is 5.73 Å². The minimum Gasteiger partial charge on any atom is -0.345 e. The molecule has 0 bridgehead atoms. The molecule has 0 atom stereocenters. The molecule has 0 aliphatic carbocycles. The van der Waals surface area contributed by atoms with Gasteiger partial charge in [0.2, 0.25) is 10.0 Å². The Morgan fingerprint density at radius 3 is 2.35 bits per heavy atom. The van der Waals surface area contributed by atoms with Crippen LogP contribution in [-0.2, 0) is 10.0 Å². The van der Waals surface area contributed by atoms with Gasteiger partial charge in [-0.3, -0.25) is 4.79 Å². The molecule has 1 fully saturated rings. The van der Waals surface area contributed by atoms with Crippen molar-refractivity contribution in [2.45, 2.75) is 63.3 Å². The number of carbonyl (C=O) groups excluding carboxylic acids is 1. The van der Waals surface area contributed by atoms with E-state index in [9.17, 15) is 13.2 Å². The molecule has 0 aromatic heterocycles. The van der Waals surface area contributed by atoms with Gasteiger partial charge >= 0.3 is 0 Å². The van der Waals surface area contributed by atoms with Crippen LogP contribution in [0.15, 0.2) is 23.1 Å². The van der Waals surface area contributed by atoms with Crippen LogP contribution in [0.5, 0.6) is 0 Å². The van der Waals surface area contributed by atoms with Crippen LogP contribution in [0, 0.1) is 6.92 Å². The molecule has 1 aromatic carbocycles. The van der Waals surface area contributed by atoms with Crippen molar-refractivity contribution in [1.82, 2.24) is 9.62 Å². The summed E-state index contributed by atoms with van der Waals surface area (Å²) in [6.07, 6.45) is 4.25. The summed E-state index contributed by atoms with van der Waals surface area (Å²) in [5, 5.41) is 3.02. The lowest BCUT2D eigenvalue weighted by Gasteiger charge is -2.32. The number of nitrogens with zero attached hydrogens (tertiary/aromatic N) is 1. The zero-order chi connectivity index (χ0) is 19.4. The summed E-state index contributed by atoms with van der Waals surface area (Å²) in [5.74, 6) is -0.271. The number of nitrogens with one attached hydrogen (secondary N) is 1. The Balaban J connectivity index is 2.33. The Labute approximate surface area is 157 Å². The summed E-state index contributed by atoms with van der Waals surface area (Å²) in [7, 11) is -3.57. The van der Waals surface area contributed by atoms with Gasteiger partial charge < -0.3 is 11.1 Å². The molecule has 146 valence electrons. The van der Waals surface area contributed by atoms with Crippen LogP contribution < -0.4 is 11.1 Å². The van der Waals surface area contributed by atoms with E-state index in [1.54, 1.807) is 12.1 Å². The fourth-order valence-electron chi connectivity index (χ4n) is 3.34. The molecule has 1 aromatic rings. The molecular weight excluding hydrogens is 350 g/mol. The molecule has 0 radical (unpaired) electrons. The van der Waals surface area contributed by atoms with Crippen molar-refractivity contribution < 1.29 is 13.2 Å². The number of hydrogen-bond donors (Lipinski definition) is 2. The zero-order valence-electron chi connectivity index (χ0n) is 16.0. The van der Waals surface area contributed by atoms with Crippen molar-refractivity contribution in [1.29, 1.82) is 0 Å². The molecule has 6 nitrogen and oxygen atoms in total. The fraction of sp³-hybridized carbons (Fsp3) is 0.632. The molecule has 3 N–H and O–H groups in total. The molecular formula is C19H31N3O3S. The van der Waals surface area contributed by atoms with Crippen LogP contribution in [0.4, 0.5) is 0 Å². The van der Waals surface area contributed by atoms with Gasteiger partial charge in [0.05, 0.1) is 10.4 Å². The average Bonchev–Trinajstić information content (AvgIpc) is 2.67. The monoisotopic (exact) mass is 381 g/mol. The minimum atomic E-state index is -3.57. The molecule has 7 heteroatoms. The topological polar surface area (TPSA) is 92.5 Å². The van der Waals surface area contributed by atoms with Gasteiger partial charge in [0, 0.05) is 25.2 Å². The zero-order valence-corrected chi connectivity index (χ0v) is 16.9. The molecule has 2 rings (SSSR count). The molecule has 1 aliphatic rings. The highest BCUT2D eigenvalue weighted by molar-refractivity contribution is 7.89. The normalized spacial score (nSPS) is 16.5. The number of hydrogen-bond acceptors (Lipinski definition) is 4. The van der Waals surface area contributed by atoms with Crippen LogP contribution in [0.2, 0.25) is 0 Å². The van der Waals surface area contributed by atoms with E-state index >= 15 is 0 Å². The van der Waals surface area contributed by atoms with Crippen LogP contribution >= 0.6 is 0 Å². The van der Waals surface area contributed by atoms with E-state index in [1.165, 1.54) is 10.4 Å². The predicted octanol–water partition coefficient (Wildman–Crippen LogP) is 2.42. The maximum atomic E-state index is 12.9. The molecule has 1 heterocycles. The lowest BCUT2D eigenvalue weighted by atomic mass is 9.92. The first-order chi connectivity index (χ1) is 12.3. The maximum absolute atomic E-state index is 12.9. The largest absolute Gasteiger partial charge is 0.345 e. The van der Waals surface area contributed by atoms with Crippen LogP contribution in [-0.4, -0.2) is 43.8 Å². The van der Waals surface area contributed by atoms with Gasteiger partial charge in [0.1, 0.15) is 0 Å². The lowest BCUT2D eigenvalue weighted by molar-refractivity contribution is 0.0894. The maximum Gasteiger partial charge on any atom is 0.252 e. The van der Waals surface area contributed by atoms with E-state index in [-0.39, 0.29) is 10.8 Å². The van der Waals surface area contributed by atoms with E-state index < -0.39 is 15.6 Å². The SMILES string of the molecule is CCC(CC)(CN)NC(=O)c1cc(S(=O)(=O)N2CCCCC2)ccc1C. The number of aryl methyl sites for hydroxylation is 1. The summed E-state index contributed by atoms with van der Waals surface area (Å²) in [5.41, 5.74) is 6.55. The first-order valence-electron chi connectivity index (χ1n) is 9.43. The van der Waals surface area contributed by atoms with Crippen LogP contribution in [0.25, 0.3) is 0 Å². The van der Waals surface area contributed by atoms with Crippen molar-refractivity contribution in [3.8, 4) is 0 Å². The van der Waals surface area contributed by atoms with Gasteiger partial charge in [-0.25, -0.2) is 8.42 Å². The molecule has 0 unspecified atom stereocenters.